The van der Waals surface area contributed by atoms with Crippen LogP contribution in [0.25, 0.3) is 11.1 Å². The van der Waals surface area contributed by atoms with E-state index in [9.17, 15) is 29.0 Å². The second kappa shape index (κ2) is 10.2. The molecule has 0 spiro atoms. The summed E-state index contributed by atoms with van der Waals surface area (Å²) < 4.78 is 13.5. The van der Waals surface area contributed by atoms with Gasteiger partial charge in [-0.3, -0.25) is 19.3 Å². The Morgan fingerprint density at radius 2 is 1.51 bits per heavy atom. The van der Waals surface area contributed by atoms with Gasteiger partial charge in [0.05, 0.1) is 23.1 Å². The number of carbonyl (C=O) groups is 3. The molecule has 0 saturated heterocycles. The SMILES string of the molecule is Cc1cc(-c2ccc(CCC(O)C(CCN3C(=O)c4ccccc4C3=O)C(=O)O)cc2)ccc1F. The number of hydrogen-bond acceptors (Lipinski definition) is 4. The lowest BCUT2D eigenvalue weighted by Crippen LogP contribution is -2.36. The van der Waals surface area contributed by atoms with Crippen LogP contribution in [0.4, 0.5) is 4.39 Å². The summed E-state index contributed by atoms with van der Waals surface area (Å²) in [5, 5.41) is 20.3. The number of amides is 2. The first-order chi connectivity index (χ1) is 16.8. The number of carboxylic acid groups (broad SMARTS) is 1. The van der Waals surface area contributed by atoms with E-state index in [1.54, 1.807) is 43.3 Å². The molecule has 2 unspecified atom stereocenters. The zero-order chi connectivity index (χ0) is 25.1. The van der Waals surface area contributed by atoms with Gasteiger partial charge in [-0.15, -0.1) is 0 Å². The molecule has 7 heteroatoms. The topological polar surface area (TPSA) is 94.9 Å². The number of aliphatic hydroxyl groups is 1. The summed E-state index contributed by atoms with van der Waals surface area (Å²) in [6.07, 6.45) is -0.498. The van der Waals surface area contributed by atoms with Crippen molar-refractivity contribution >= 4 is 17.8 Å². The van der Waals surface area contributed by atoms with Gasteiger partial charge < -0.3 is 10.2 Å². The molecule has 0 radical (unpaired) electrons. The Morgan fingerprint density at radius 3 is 2.09 bits per heavy atom. The van der Waals surface area contributed by atoms with E-state index in [0.29, 0.717) is 23.1 Å². The number of aryl methyl sites for hydroxylation is 2. The third-order valence-corrected chi connectivity index (χ3v) is 6.50. The largest absolute Gasteiger partial charge is 0.481 e. The van der Waals surface area contributed by atoms with Gasteiger partial charge in [-0.2, -0.15) is 0 Å². The molecule has 0 saturated carbocycles. The molecule has 0 aromatic heterocycles. The molecule has 3 aromatic carbocycles. The quantitative estimate of drug-likeness (QED) is 0.445. The number of rotatable bonds is 9. The molecule has 35 heavy (non-hydrogen) atoms. The van der Waals surface area contributed by atoms with Gasteiger partial charge >= 0.3 is 5.97 Å². The van der Waals surface area contributed by atoms with Crippen LogP contribution < -0.4 is 0 Å². The molecule has 1 heterocycles. The van der Waals surface area contributed by atoms with Crippen molar-refractivity contribution in [1.29, 1.82) is 0 Å². The van der Waals surface area contributed by atoms with Gasteiger partial charge in [0.1, 0.15) is 5.82 Å². The number of carboxylic acids is 1. The van der Waals surface area contributed by atoms with Gasteiger partial charge in [0, 0.05) is 6.54 Å². The predicted molar refractivity (Wildman–Crippen MR) is 128 cm³/mol. The molecule has 2 amide bonds. The standard InChI is InChI=1S/C28H26FNO5/c1-17-16-20(11-12-24(17)29)19-9-6-18(7-10-19)8-13-25(31)23(28(34)35)14-15-30-26(32)21-4-2-3-5-22(21)27(30)33/h2-7,9-12,16,23,25,31H,8,13-15H2,1H3,(H,34,35). The summed E-state index contributed by atoms with van der Waals surface area (Å²) in [5.74, 6) is -3.42. The van der Waals surface area contributed by atoms with Crippen LogP contribution in [0, 0.1) is 18.7 Å². The zero-order valence-corrected chi connectivity index (χ0v) is 19.3. The molecule has 2 atom stereocenters. The Morgan fingerprint density at radius 1 is 0.914 bits per heavy atom. The summed E-state index contributed by atoms with van der Waals surface area (Å²) in [6, 6.07) is 19.0. The lowest BCUT2D eigenvalue weighted by Gasteiger charge is -2.22. The van der Waals surface area contributed by atoms with Gasteiger partial charge in [-0.25, -0.2) is 4.39 Å². The van der Waals surface area contributed by atoms with E-state index in [0.717, 1.165) is 21.6 Å². The summed E-state index contributed by atoms with van der Waals surface area (Å²) in [7, 11) is 0. The van der Waals surface area contributed by atoms with E-state index in [4.69, 9.17) is 0 Å². The van der Waals surface area contributed by atoms with Crippen molar-refractivity contribution in [3.05, 3.63) is 94.8 Å². The Kier molecular flexibility index (Phi) is 7.07. The van der Waals surface area contributed by atoms with Crippen LogP contribution in [0.15, 0.2) is 66.7 Å². The number of fused-ring (bicyclic) bond motifs is 1. The van der Waals surface area contributed by atoms with Crippen molar-refractivity contribution in [2.75, 3.05) is 6.54 Å². The van der Waals surface area contributed by atoms with Crippen LogP contribution in [0.1, 0.15) is 44.7 Å². The van der Waals surface area contributed by atoms with Crippen molar-refractivity contribution in [3.63, 3.8) is 0 Å². The van der Waals surface area contributed by atoms with Crippen LogP contribution >= 0.6 is 0 Å². The lowest BCUT2D eigenvalue weighted by atomic mass is 9.93. The van der Waals surface area contributed by atoms with E-state index in [1.807, 2.05) is 24.3 Å². The van der Waals surface area contributed by atoms with Crippen LogP contribution in [0.2, 0.25) is 0 Å². The van der Waals surface area contributed by atoms with Crippen molar-refractivity contribution in [1.82, 2.24) is 4.90 Å². The second-order valence-electron chi connectivity index (χ2n) is 8.81. The Labute approximate surface area is 202 Å². The first kappa shape index (κ1) is 24.3. The number of halogens is 1. The van der Waals surface area contributed by atoms with Gasteiger partial charge in [0.25, 0.3) is 11.8 Å². The fourth-order valence-corrected chi connectivity index (χ4v) is 4.39. The first-order valence-electron chi connectivity index (χ1n) is 11.5. The number of imide groups is 1. The molecule has 2 N–H and O–H groups in total. The number of benzene rings is 3. The third kappa shape index (κ3) is 5.15. The van der Waals surface area contributed by atoms with Gasteiger partial charge in [0.15, 0.2) is 0 Å². The van der Waals surface area contributed by atoms with E-state index in [1.165, 1.54) is 6.07 Å². The summed E-state index contributed by atoms with van der Waals surface area (Å²) in [5.41, 5.74) is 3.94. The van der Waals surface area contributed by atoms with E-state index in [2.05, 4.69) is 0 Å². The minimum atomic E-state index is -1.17. The fourth-order valence-electron chi connectivity index (χ4n) is 4.39. The lowest BCUT2D eigenvalue weighted by molar-refractivity contribution is -0.146. The predicted octanol–water partition coefficient (Wildman–Crippen LogP) is 4.48. The number of aliphatic hydroxyl groups excluding tert-OH is 1. The molecule has 6 nitrogen and oxygen atoms in total. The molecule has 180 valence electrons. The van der Waals surface area contributed by atoms with Crippen molar-refractivity contribution in [2.24, 2.45) is 5.92 Å². The fraction of sp³-hybridized carbons (Fsp3) is 0.250. The maximum Gasteiger partial charge on any atom is 0.309 e. The molecule has 3 aromatic rings. The molecular weight excluding hydrogens is 449 g/mol. The summed E-state index contributed by atoms with van der Waals surface area (Å²) in [4.78, 5) is 37.9. The van der Waals surface area contributed by atoms with E-state index < -0.39 is 29.8 Å². The number of nitrogens with zero attached hydrogens (tertiary/aromatic N) is 1. The molecular formula is C28H26FNO5. The molecule has 0 fully saturated rings. The highest BCUT2D eigenvalue weighted by Crippen LogP contribution is 2.26. The van der Waals surface area contributed by atoms with Crippen molar-refractivity contribution in [3.8, 4) is 11.1 Å². The molecule has 4 rings (SSSR count). The van der Waals surface area contributed by atoms with Crippen LogP contribution in [0.3, 0.4) is 0 Å². The smallest absolute Gasteiger partial charge is 0.309 e. The average Bonchev–Trinajstić information content (AvgIpc) is 3.09. The zero-order valence-electron chi connectivity index (χ0n) is 19.3. The van der Waals surface area contributed by atoms with E-state index >= 15 is 0 Å². The molecule has 0 bridgehead atoms. The summed E-state index contributed by atoms with van der Waals surface area (Å²) >= 11 is 0. The normalized spacial score (nSPS) is 14.7. The molecule has 1 aliphatic rings. The van der Waals surface area contributed by atoms with E-state index in [-0.39, 0.29) is 25.2 Å². The molecule has 0 aliphatic carbocycles. The number of aliphatic carboxylic acids is 1. The summed E-state index contributed by atoms with van der Waals surface area (Å²) in [6.45, 7) is 1.63. The number of hydrogen-bond donors (Lipinski definition) is 2. The van der Waals surface area contributed by atoms with Gasteiger partial charge in [-0.1, -0.05) is 42.5 Å². The van der Waals surface area contributed by atoms with Crippen LogP contribution in [0.5, 0.6) is 0 Å². The monoisotopic (exact) mass is 475 g/mol. The minimum absolute atomic E-state index is 0.0369. The Bertz CT molecular complexity index is 1240. The van der Waals surface area contributed by atoms with Crippen LogP contribution in [-0.4, -0.2) is 45.5 Å². The number of carbonyl (C=O) groups excluding carboxylic acids is 2. The highest BCUT2D eigenvalue weighted by atomic mass is 19.1. The Balaban J connectivity index is 1.35. The Hall–Kier alpha value is -3.84. The highest BCUT2D eigenvalue weighted by Gasteiger charge is 2.36. The van der Waals surface area contributed by atoms with Gasteiger partial charge in [-0.05, 0) is 72.7 Å². The maximum absolute atomic E-state index is 13.5. The highest BCUT2D eigenvalue weighted by molar-refractivity contribution is 6.21. The van der Waals surface area contributed by atoms with Crippen molar-refractivity contribution < 1.29 is 29.0 Å². The molecule has 1 aliphatic heterocycles. The van der Waals surface area contributed by atoms with Gasteiger partial charge in [0.2, 0.25) is 0 Å². The van der Waals surface area contributed by atoms with Crippen LogP contribution in [-0.2, 0) is 11.2 Å². The third-order valence-electron chi connectivity index (χ3n) is 6.50. The van der Waals surface area contributed by atoms with Crippen molar-refractivity contribution in [2.45, 2.75) is 32.3 Å². The first-order valence-corrected chi connectivity index (χ1v) is 11.5. The second-order valence-corrected chi connectivity index (χ2v) is 8.81. The minimum Gasteiger partial charge on any atom is -0.481 e. The average molecular weight is 476 g/mol. The maximum atomic E-state index is 13.5.